The van der Waals surface area contributed by atoms with Gasteiger partial charge in [0, 0.05) is 12.6 Å². The van der Waals surface area contributed by atoms with Crippen molar-refractivity contribution in [3.8, 4) is 0 Å². The highest BCUT2D eigenvalue weighted by Gasteiger charge is 2.20. The van der Waals surface area contributed by atoms with Crippen LogP contribution in [-0.2, 0) is 0 Å². The molecule has 1 atom stereocenters. The summed E-state index contributed by atoms with van der Waals surface area (Å²) in [6, 6.07) is 0.783. The van der Waals surface area contributed by atoms with E-state index in [-0.39, 0.29) is 0 Å². The minimum Gasteiger partial charge on any atom is -0.315 e. The lowest BCUT2D eigenvalue weighted by Gasteiger charge is -2.36. The monoisotopic (exact) mass is 224 g/mol. The first kappa shape index (κ1) is 13.7. The molecular weight excluding hydrogens is 196 g/mol. The van der Waals surface area contributed by atoms with Crippen molar-refractivity contribution in [3.05, 3.63) is 12.7 Å². The maximum absolute atomic E-state index is 3.79. The Labute approximate surface area is 101 Å². The zero-order valence-corrected chi connectivity index (χ0v) is 10.9. The summed E-state index contributed by atoms with van der Waals surface area (Å²) in [6.07, 6.45) is 9.89. The molecule has 2 heteroatoms. The summed E-state index contributed by atoms with van der Waals surface area (Å²) in [7, 11) is 0. The SMILES string of the molecule is C=CCCCN1CCCCC1CNCCC. The Hall–Kier alpha value is -0.340. The van der Waals surface area contributed by atoms with E-state index >= 15 is 0 Å². The molecule has 94 valence electrons. The second-order valence-electron chi connectivity index (χ2n) is 4.82. The molecule has 1 unspecified atom stereocenters. The Morgan fingerprint density at radius 2 is 2.31 bits per heavy atom. The lowest BCUT2D eigenvalue weighted by Crippen LogP contribution is -2.45. The molecule has 0 aliphatic carbocycles. The number of allylic oxidation sites excluding steroid dienone is 1. The highest BCUT2D eigenvalue weighted by molar-refractivity contribution is 4.79. The van der Waals surface area contributed by atoms with E-state index in [4.69, 9.17) is 0 Å². The molecule has 2 nitrogen and oxygen atoms in total. The first-order valence-electron chi connectivity index (χ1n) is 6.94. The third kappa shape index (κ3) is 5.13. The minimum atomic E-state index is 0.783. The average Bonchev–Trinajstić information content (AvgIpc) is 2.32. The fourth-order valence-electron chi connectivity index (χ4n) is 2.47. The average molecular weight is 224 g/mol. The first-order chi connectivity index (χ1) is 7.88. The lowest BCUT2D eigenvalue weighted by molar-refractivity contribution is 0.144. The molecule has 0 bridgehead atoms. The molecule has 0 aromatic carbocycles. The van der Waals surface area contributed by atoms with Crippen LogP contribution in [0.3, 0.4) is 0 Å². The van der Waals surface area contributed by atoms with E-state index in [0.29, 0.717) is 0 Å². The van der Waals surface area contributed by atoms with Crippen molar-refractivity contribution >= 4 is 0 Å². The predicted molar refractivity (Wildman–Crippen MR) is 71.8 cm³/mol. The van der Waals surface area contributed by atoms with Crippen molar-refractivity contribution in [2.75, 3.05) is 26.2 Å². The molecule has 1 rings (SSSR count). The van der Waals surface area contributed by atoms with Gasteiger partial charge in [-0.05, 0) is 51.7 Å². The highest BCUT2D eigenvalue weighted by atomic mass is 15.2. The maximum Gasteiger partial charge on any atom is 0.0220 e. The van der Waals surface area contributed by atoms with Crippen LogP contribution >= 0.6 is 0 Å². The fraction of sp³-hybridized carbons (Fsp3) is 0.857. The summed E-state index contributed by atoms with van der Waals surface area (Å²) in [5.74, 6) is 0. The van der Waals surface area contributed by atoms with Crippen LogP contribution in [0.5, 0.6) is 0 Å². The van der Waals surface area contributed by atoms with Crippen molar-refractivity contribution in [1.29, 1.82) is 0 Å². The standard InChI is InChI=1S/C14H28N2/c1-3-5-7-11-16-12-8-6-9-14(16)13-15-10-4-2/h3,14-15H,1,4-13H2,2H3. The fourth-order valence-corrected chi connectivity index (χ4v) is 2.47. The van der Waals surface area contributed by atoms with Crippen LogP contribution < -0.4 is 5.32 Å². The van der Waals surface area contributed by atoms with Gasteiger partial charge in [0.2, 0.25) is 0 Å². The predicted octanol–water partition coefficient (Wildman–Crippen LogP) is 2.81. The van der Waals surface area contributed by atoms with E-state index in [0.717, 1.165) is 19.0 Å². The topological polar surface area (TPSA) is 15.3 Å². The summed E-state index contributed by atoms with van der Waals surface area (Å²) >= 11 is 0. The smallest absolute Gasteiger partial charge is 0.0220 e. The number of unbranched alkanes of at least 4 members (excludes halogenated alkanes) is 1. The van der Waals surface area contributed by atoms with E-state index in [1.165, 1.54) is 51.7 Å². The molecule has 1 saturated heterocycles. The normalized spacial score (nSPS) is 22.2. The van der Waals surface area contributed by atoms with Gasteiger partial charge in [0.1, 0.15) is 0 Å². The van der Waals surface area contributed by atoms with E-state index < -0.39 is 0 Å². The third-order valence-corrected chi connectivity index (χ3v) is 3.41. The van der Waals surface area contributed by atoms with Gasteiger partial charge in [-0.1, -0.05) is 19.4 Å². The zero-order valence-electron chi connectivity index (χ0n) is 10.9. The van der Waals surface area contributed by atoms with Crippen LogP contribution in [0.4, 0.5) is 0 Å². The molecule has 0 amide bonds. The molecule has 0 saturated carbocycles. The molecule has 1 N–H and O–H groups in total. The van der Waals surface area contributed by atoms with Gasteiger partial charge in [-0.25, -0.2) is 0 Å². The van der Waals surface area contributed by atoms with Crippen LogP contribution in [-0.4, -0.2) is 37.1 Å². The Morgan fingerprint density at radius 3 is 3.06 bits per heavy atom. The molecule has 1 fully saturated rings. The summed E-state index contributed by atoms with van der Waals surface area (Å²) < 4.78 is 0. The zero-order chi connectivity index (χ0) is 11.6. The van der Waals surface area contributed by atoms with Crippen molar-refractivity contribution in [2.24, 2.45) is 0 Å². The van der Waals surface area contributed by atoms with Gasteiger partial charge >= 0.3 is 0 Å². The lowest BCUT2D eigenvalue weighted by atomic mass is 10.0. The second-order valence-corrected chi connectivity index (χ2v) is 4.82. The second kappa shape index (κ2) is 8.77. The quantitative estimate of drug-likeness (QED) is 0.504. The molecule has 0 aromatic heterocycles. The molecular formula is C14H28N2. The van der Waals surface area contributed by atoms with Gasteiger partial charge in [0.05, 0.1) is 0 Å². The number of rotatable bonds is 8. The van der Waals surface area contributed by atoms with E-state index in [1.54, 1.807) is 0 Å². The van der Waals surface area contributed by atoms with Gasteiger partial charge in [0.15, 0.2) is 0 Å². The van der Waals surface area contributed by atoms with Crippen molar-refractivity contribution in [1.82, 2.24) is 10.2 Å². The third-order valence-electron chi connectivity index (χ3n) is 3.41. The Morgan fingerprint density at radius 1 is 1.44 bits per heavy atom. The van der Waals surface area contributed by atoms with Crippen molar-refractivity contribution in [3.63, 3.8) is 0 Å². The molecule has 1 aliphatic heterocycles. The van der Waals surface area contributed by atoms with E-state index in [1.807, 2.05) is 6.08 Å². The van der Waals surface area contributed by atoms with Gasteiger partial charge in [-0.2, -0.15) is 0 Å². The van der Waals surface area contributed by atoms with Crippen LogP contribution in [0.2, 0.25) is 0 Å². The Kier molecular flexibility index (Phi) is 7.52. The number of hydrogen-bond acceptors (Lipinski definition) is 2. The molecule has 1 heterocycles. The maximum atomic E-state index is 3.79. The van der Waals surface area contributed by atoms with Gasteiger partial charge in [-0.15, -0.1) is 6.58 Å². The molecule has 0 radical (unpaired) electrons. The van der Waals surface area contributed by atoms with Crippen LogP contribution in [0.25, 0.3) is 0 Å². The van der Waals surface area contributed by atoms with Gasteiger partial charge < -0.3 is 5.32 Å². The summed E-state index contributed by atoms with van der Waals surface area (Å²) in [5, 5.41) is 3.56. The molecule has 1 aliphatic rings. The number of nitrogens with one attached hydrogen (secondary N) is 1. The summed E-state index contributed by atoms with van der Waals surface area (Å²) in [5.41, 5.74) is 0. The summed E-state index contributed by atoms with van der Waals surface area (Å²) in [6.45, 7) is 10.9. The van der Waals surface area contributed by atoms with E-state index in [9.17, 15) is 0 Å². The van der Waals surface area contributed by atoms with Gasteiger partial charge in [0.25, 0.3) is 0 Å². The Bertz CT molecular complexity index is 180. The van der Waals surface area contributed by atoms with Crippen LogP contribution in [0.15, 0.2) is 12.7 Å². The van der Waals surface area contributed by atoms with Crippen LogP contribution in [0, 0.1) is 0 Å². The first-order valence-corrected chi connectivity index (χ1v) is 6.94. The van der Waals surface area contributed by atoms with Crippen molar-refractivity contribution < 1.29 is 0 Å². The number of likely N-dealkylation sites (tertiary alicyclic amines) is 1. The van der Waals surface area contributed by atoms with Crippen molar-refractivity contribution in [2.45, 2.75) is 51.5 Å². The van der Waals surface area contributed by atoms with Gasteiger partial charge in [-0.3, -0.25) is 4.90 Å². The highest BCUT2D eigenvalue weighted by Crippen LogP contribution is 2.17. The molecule has 0 spiro atoms. The number of nitrogens with zero attached hydrogens (tertiary/aromatic N) is 1. The number of piperidine rings is 1. The summed E-state index contributed by atoms with van der Waals surface area (Å²) in [4.78, 5) is 2.68. The van der Waals surface area contributed by atoms with E-state index in [2.05, 4.69) is 23.7 Å². The van der Waals surface area contributed by atoms with Crippen LogP contribution in [0.1, 0.15) is 45.4 Å². The molecule has 16 heavy (non-hydrogen) atoms. The number of hydrogen-bond donors (Lipinski definition) is 1. The largest absolute Gasteiger partial charge is 0.315 e. The minimum absolute atomic E-state index is 0.783. The Balaban J connectivity index is 2.23. The molecule has 0 aromatic rings.